The minimum absolute atomic E-state index is 0.0801. The van der Waals surface area contributed by atoms with E-state index < -0.39 is 17.7 Å². The van der Waals surface area contributed by atoms with Crippen LogP contribution in [0.25, 0.3) is 16.7 Å². The molecule has 8 heteroatoms. The number of nitrogens with zero attached hydrogens (tertiary/aromatic N) is 2. The summed E-state index contributed by atoms with van der Waals surface area (Å²) in [6.45, 7) is 1.60. The fraction of sp³-hybridized carbons (Fsp3) is 0.300. The molecule has 5 nitrogen and oxygen atoms in total. The summed E-state index contributed by atoms with van der Waals surface area (Å²) in [5.41, 5.74) is 0.729. The van der Waals surface area contributed by atoms with E-state index >= 15 is 0 Å². The maximum atomic E-state index is 13.1. The van der Waals surface area contributed by atoms with Crippen molar-refractivity contribution < 1.29 is 23.1 Å². The van der Waals surface area contributed by atoms with Crippen LogP contribution >= 0.6 is 0 Å². The molecule has 0 aliphatic carbocycles. The van der Waals surface area contributed by atoms with E-state index in [0.29, 0.717) is 17.0 Å². The van der Waals surface area contributed by atoms with Gasteiger partial charge in [-0.3, -0.25) is 4.57 Å². The monoisotopic (exact) mass is 389 g/mol. The molecule has 2 N–H and O–H groups in total. The largest absolute Gasteiger partial charge is 0.478 e. The molecule has 2 heterocycles. The smallest absolute Gasteiger partial charge is 0.416 e. The summed E-state index contributed by atoms with van der Waals surface area (Å²) >= 11 is 0. The molecule has 1 aliphatic heterocycles. The molecule has 0 saturated carbocycles. The van der Waals surface area contributed by atoms with Crippen LogP contribution in [0.1, 0.15) is 40.5 Å². The molecule has 28 heavy (non-hydrogen) atoms. The summed E-state index contributed by atoms with van der Waals surface area (Å²) in [7, 11) is 0. The van der Waals surface area contributed by atoms with E-state index in [0.717, 1.165) is 38.1 Å². The van der Waals surface area contributed by atoms with Gasteiger partial charge in [-0.15, -0.1) is 0 Å². The Kier molecular flexibility index (Phi) is 4.58. The summed E-state index contributed by atoms with van der Waals surface area (Å²) in [6, 6.07) is 9.87. The van der Waals surface area contributed by atoms with Gasteiger partial charge < -0.3 is 10.4 Å². The molecule has 0 amide bonds. The number of nitrogens with one attached hydrogen (secondary N) is 1. The van der Waals surface area contributed by atoms with E-state index in [4.69, 9.17) is 0 Å². The van der Waals surface area contributed by atoms with Crippen molar-refractivity contribution in [1.29, 1.82) is 0 Å². The topological polar surface area (TPSA) is 67.2 Å². The van der Waals surface area contributed by atoms with Crippen LogP contribution < -0.4 is 5.32 Å². The molecular weight excluding hydrogens is 371 g/mol. The first-order valence-corrected chi connectivity index (χ1v) is 8.98. The molecule has 0 spiro atoms. The van der Waals surface area contributed by atoms with E-state index in [1.807, 2.05) is 0 Å². The summed E-state index contributed by atoms with van der Waals surface area (Å²) in [4.78, 5) is 15.9. The minimum Gasteiger partial charge on any atom is -0.478 e. The van der Waals surface area contributed by atoms with Crippen LogP contribution in [0.5, 0.6) is 0 Å². The number of hydrogen-bond donors (Lipinski definition) is 2. The number of alkyl halides is 3. The van der Waals surface area contributed by atoms with Crippen LogP contribution in [0.2, 0.25) is 0 Å². The number of rotatable bonds is 3. The predicted octanol–water partition coefficient (Wildman–Crippen LogP) is 4.21. The van der Waals surface area contributed by atoms with E-state index in [-0.39, 0.29) is 17.0 Å². The number of carboxylic acid groups (broad SMARTS) is 1. The zero-order valence-corrected chi connectivity index (χ0v) is 14.8. The third kappa shape index (κ3) is 3.35. The number of hydrogen-bond acceptors (Lipinski definition) is 3. The third-order valence-corrected chi connectivity index (χ3v) is 5.06. The summed E-state index contributed by atoms with van der Waals surface area (Å²) in [6.07, 6.45) is -2.82. The number of fused-ring (bicyclic) bond motifs is 1. The molecule has 1 fully saturated rings. The van der Waals surface area contributed by atoms with Gasteiger partial charge in [-0.05, 0) is 62.3 Å². The Morgan fingerprint density at radius 2 is 1.89 bits per heavy atom. The molecule has 0 atom stereocenters. The van der Waals surface area contributed by atoms with Gasteiger partial charge in [-0.25, -0.2) is 9.78 Å². The van der Waals surface area contributed by atoms with Gasteiger partial charge in [0.05, 0.1) is 22.2 Å². The lowest BCUT2D eigenvalue weighted by atomic mass is 9.97. The SMILES string of the molecule is O=C(O)c1cccc(-n2c(C3CCNCC3)nc3cc(C(F)(F)F)ccc32)c1. The van der Waals surface area contributed by atoms with Crippen LogP contribution in [0, 0.1) is 0 Å². The van der Waals surface area contributed by atoms with E-state index in [1.54, 1.807) is 16.7 Å². The van der Waals surface area contributed by atoms with E-state index in [2.05, 4.69) is 10.3 Å². The first kappa shape index (κ1) is 18.5. The average Bonchev–Trinajstić information content (AvgIpc) is 3.07. The number of benzene rings is 2. The van der Waals surface area contributed by atoms with Crippen molar-refractivity contribution in [2.24, 2.45) is 0 Å². The maximum Gasteiger partial charge on any atom is 0.416 e. The van der Waals surface area contributed by atoms with Gasteiger partial charge >= 0.3 is 12.1 Å². The highest BCUT2D eigenvalue weighted by Crippen LogP contribution is 2.35. The number of aromatic carboxylic acids is 1. The predicted molar refractivity (Wildman–Crippen MR) is 97.9 cm³/mol. The number of carbonyl (C=O) groups is 1. The fourth-order valence-corrected chi connectivity index (χ4v) is 3.68. The zero-order valence-electron chi connectivity index (χ0n) is 14.8. The molecule has 0 radical (unpaired) electrons. The van der Waals surface area contributed by atoms with Crippen molar-refractivity contribution in [2.45, 2.75) is 24.9 Å². The highest BCUT2D eigenvalue weighted by molar-refractivity contribution is 5.88. The van der Waals surface area contributed by atoms with Gasteiger partial charge in [-0.2, -0.15) is 13.2 Å². The highest BCUT2D eigenvalue weighted by atomic mass is 19.4. The molecular formula is C20H18F3N3O2. The normalized spacial score (nSPS) is 15.8. The van der Waals surface area contributed by atoms with Gasteiger partial charge in [0, 0.05) is 11.6 Å². The lowest BCUT2D eigenvalue weighted by molar-refractivity contribution is -0.137. The Labute approximate surface area is 158 Å². The van der Waals surface area contributed by atoms with E-state index in [9.17, 15) is 23.1 Å². The molecule has 1 aliphatic rings. The third-order valence-electron chi connectivity index (χ3n) is 5.06. The molecule has 2 aromatic carbocycles. The highest BCUT2D eigenvalue weighted by Gasteiger charge is 2.32. The molecule has 3 aromatic rings. The van der Waals surface area contributed by atoms with Crippen molar-refractivity contribution in [2.75, 3.05) is 13.1 Å². The fourth-order valence-electron chi connectivity index (χ4n) is 3.68. The Hall–Kier alpha value is -2.87. The van der Waals surface area contributed by atoms with Crippen LogP contribution in [0.4, 0.5) is 13.2 Å². The Bertz CT molecular complexity index is 1040. The second kappa shape index (κ2) is 6.94. The number of imidazole rings is 1. The second-order valence-electron chi connectivity index (χ2n) is 6.89. The van der Waals surface area contributed by atoms with Crippen LogP contribution in [0.15, 0.2) is 42.5 Å². The second-order valence-corrected chi connectivity index (χ2v) is 6.89. The molecule has 0 bridgehead atoms. The summed E-state index contributed by atoms with van der Waals surface area (Å²) in [5, 5.41) is 12.6. The van der Waals surface area contributed by atoms with Crippen molar-refractivity contribution >= 4 is 17.0 Å². The zero-order chi connectivity index (χ0) is 19.9. The maximum absolute atomic E-state index is 13.1. The van der Waals surface area contributed by atoms with Crippen LogP contribution in [0.3, 0.4) is 0 Å². The first-order chi connectivity index (χ1) is 13.3. The van der Waals surface area contributed by atoms with Gasteiger partial charge in [0.1, 0.15) is 5.82 Å². The van der Waals surface area contributed by atoms with Crippen molar-refractivity contribution in [3.05, 3.63) is 59.4 Å². The Morgan fingerprint density at radius 3 is 2.57 bits per heavy atom. The quantitative estimate of drug-likeness (QED) is 0.704. The lowest BCUT2D eigenvalue weighted by Crippen LogP contribution is -2.28. The number of halogens is 3. The Morgan fingerprint density at radius 1 is 1.14 bits per heavy atom. The average molecular weight is 389 g/mol. The van der Waals surface area contributed by atoms with Gasteiger partial charge in [0.15, 0.2) is 0 Å². The van der Waals surface area contributed by atoms with Crippen LogP contribution in [-0.2, 0) is 6.18 Å². The van der Waals surface area contributed by atoms with E-state index in [1.165, 1.54) is 18.2 Å². The lowest BCUT2D eigenvalue weighted by Gasteiger charge is -2.23. The minimum atomic E-state index is -4.45. The van der Waals surface area contributed by atoms with Crippen molar-refractivity contribution in [3.8, 4) is 5.69 Å². The van der Waals surface area contributed by atoms with Crippen molar-refractivity contribution in [1.82, 2.24) is 14.9 Å². The number of aromatic nitrogens is 2. The number of piperidine rings is 1. The molecule has 0 unspecified atom stereocenters. The molecule has 1 aromatic heterocycles. The molecule has 1 saturated heterocycles. The van der Waals surface area contributed by atoms with Gasteiger partial charge in [0.2, 0.25) is 0 Å². The van der Waals surface area contributed by atoms with Gasteiger partial charge in [-0.1, -0.05) is 6.07 Å². The van der Waals surface area contributed by atoms with Crippen LogP contribution in [-0.4, -0.2) is 33.7 Å². The summed E-state index contributed by atoms with van der Waals surface area (Å²) in [5.74, 6) is -0.316. The first-order valence-electron chi connectivity index (χ1n) is 8.98. The standard InChI is InChI=1S/C20H18F3N3O2/c21-20(22,23)14-4-5-17-16(11-14)25-18(12-6-8-24-9-7-12)26(17)15-3-1-2-13(10-15)19(27)28/h1-5,10-12,24H,6-9H2,(H,27,28). The van der Waals surface area contributed by atoms with Gasteiger partial charge in [0.25, 0.3) is 0 Å². The summed E-state index contributed by atoms with van der Waals surface area (Å²) < 4.78 is 41.2. The molecule has 146 valence electrons. The molecule has 4 rings (SSSR count). The Balaban J connectivity index is 1.93. The van der Waals surface area contributed by atoms with Crippen molar-refractivity contribution in [3.63, 3.8) is 0 Å². The number of carboxylic acids is 1.